The van der Waals surface area contributed by atoms with Gasteiger partial charge in [-0.05, 0) is 24.3 Å². The summed E-state index contributed by atoms with van der Waals surface area (Å²) in [6, 6.07) is 6.22. The number of halogens is 2. The van der Waals surface area contributed by atoms with Gasteiger partial charge in [0.05, 0.1) is 5.56 Å². The van der Waals surface area contributed by atoms with E-state index in [0.29, 0.717) is 0 Å². The van der Waals surface area contributed by atoms with Crippen LogP contribution in [0.4, 0.5) is 8.78 Å². The average molecular weight is 223 g/mol. The molecule has 2 aromatic rings. The lowest BCUT2D eigenvalue weighted by molar-refractivity contribution is 0.321. The Morgan fingerprint density at radius 1 is 1.19 bits per heavy atom. The van der Waals surface area contributed by atoms with E-state index in [2.05, 4.69) is 5.16 Å². The molecule has 0 saturated heterocycles. The lowest BCUT2D eigenvalue weighted by atomic mass is 10.1. The van der Waals surface area contributed by atoms with Crippen molar-refractivity contribution in [2.24, 2.45) is 5.16 Å². The first-order valence-corrected chi connectivity index (χ1v) is 4.43. The molecule has 2 rings (SSSR count). The number of hydrogen-bond donors (Lipinski definition) is 1. The lowest BCUT2D eigenvalue weighted by Crippen LogP contribution is -1.84. The van der Waals surface area contributed by atoms with Crippen molar-refractivity contribution >= 4 is 6.21 Å². The topological polar surface area (TPSA) is 45.7 Å². The van der Waals surface area contributed by atoms with Crippen LogP contribution in [0.25, 0.3) is 11.3 Å². The first-order chi connectivity index (χ1) is 7.70. The number of hydrogen-bond acceptors (Lipinski definition) is 3. The fourth-order valence-corrected chi connectivity index (χ4v) is 1.31. The van der Waals surface area contributed by atoms with Crippen molar-refractivity contribution in [2.45, 2.75) is 0 Å². The summed E-state index contributed by atoms with van der Waals surface area (Å²) in [6.45, 7) is 0. The molecule has 5 heteroatoms. The molecule has 1 N–H and O–H groups in total. The van der Waals surface area contributed by atoms with Gasteiger partial charge in [-0.2, -0.15) is 0 Å². The summed E-state index contributed by atoms with van der Waals surface area (Å²) < 4.78 is 31.2. The van der Waals surface area contributed by atoms with Crippen LogP contribution < -0.4 is 0 Å². The van der Waals surface area contributed by atoms with E-state index in [1.165, 1.54) is 18.2 Å². The normalized spacial score (nSPS) is 11.1. The van der Waals surface area contributed by atoms with Crippen molar-refractivity contribution in [2.75, 3.05) is 0 Å². The number of furan rings is 1. The van der Waals surface area contributed by atoms with Gasteiger partial charge in [0.25, 0.3) is 0 Å². The molecule has 1 aromatic carbocycles. The van der Waals surface area contributed by atoms with E-state index < -0.39 is 11.6 Å². The Balaban J connectivity index is 2.42. The first-order valence-electron chi connectivity index (χ1n) is 4.43. The van der Waals surface area contributed by atoms with E-state index in [9.17, 15) is 8.78 Å². The fourth-order valence-electron chi connectivity index (χ4n) is 1.31. The molecule has 0 fully saturated rings. The van der Waals surface area contributed by atoms with Crippen molar-refractivity contribution < 1.29 is 18.4 Å². The second-order valence-corrected chi connectivity index (χ2v) is 3.07. The number of benzene rings is 1. The molecule has 0 atom stereocenters. The van der Waals surface area contributed by atoms with Crippen LogP contribution in [0.3, 0.4) is 0 Å². The van der Waals surface area contributed by atoms with Gasteiger partial charge in [-0.1, -0.05) is 5.16 Å². The number of rotatable bonds is 2. The molecule has 3 nitrogen and oxygen atoms in total. The maximum atomic E-state index is 13.3. The molecule has 0 aliphatic carbocycles. The second-order valence-electron chi connectivity index (χ2n) is 3.07. The summed E-state index contributed by atoms with van der Waals surface area (Å²) in [5.41, 5.74) is 0.152. The Kier molecular flexibility index (Phi) is 2.68. The predicted octanol–water partition coefficient (Wildman–Crippen LogP) is 3.03. The van der Waals surface area contributed by atoms with Gasteiger partial charge >= 0.3 is 0 Å². The summed E-state index contributed by atoms with van der Waals surface area (Å²) in [6.07, 6.45) is 1.07. The van der Waals surface area contributed by atoms with Crippen LogP contribution in [-0.2, 0) is 0 Å². The highest BCUT2D eigenvalue weighted by Gasteiger charge is 2.09. The molecule has 1 aromatic heterocycles. The highest BCUT2D eigenvalue weighted by atomic mass is 19.1. The zero-order valence-electron chi connectivity index (χ0n) is 8.02. The number of nitrogens with zero attached hydrogens (tertiary/aromatic N) is 1. The standard InChI is InChI=1S/C11H7F2NO2/c12-7-1-3-9(10(13)5-7)11-4-2-8(16-11)6-14-15/h1-6,15H/b14-6-. The third-order valence-electron chi connectivity index (χ3n) is 2.01. The van der Waals surface area contributed by atoms with Crippen LogP contribution in [0.2, 0.25) is 0 Å². The minimum absolute atomic E-state index is 0.152. The van der Waals surface area contributed by atoms with Gasteiger partial charge in [-0.25, -0.2) is 8.78 Å². The molecule has 0 amide bonds. The van der Waals surface area contributed by atoms with Gasteiger partial charge in [0.15, 0.2) is 0 Å². The smallest absolute Gasteiger partial charge is 0.149 e. The molecule has 0 unspecified atom stereocenters. The van der Waals surface area contributed by atoms with E-state index in [0.717, 1.165) is 18.3 Å². The van der Waals surface area contributed by atoms with Crippen LogP contribution in [0.15, 0.2) is 39.9 Å². The average Bonchev–Trinajstić information content (AvgIpc) is 2.67. The molecule has 1 heterocycles. The summed E-state index contributed by atoms with van der Waals surface area (Å²) >= 11 is 0. The number of oxime groups is 1. The van der Waals surface area contributed by atoms with E-state index in [-0.39, 0.29) is 17.1 Å². The van der Waals surface area contributed by atoms with Crippen LogP contribution >= 0.6 is 0 Å². The summed E-state index contributed by atoms with van der Waals surface area (Å²) in [7, 11) is 0. The molecule has 0 aliphatic heterocycles. The maximum absolute atomic E-state index is 13.3. The Hall–Kier alpha value is -2.17. The van der Waals surface area contributed by atoms with Crippen LogP contribution in [0.5, 0.6) is 0 Å². The van der Waals surface area contributed by atoms with Gasteiger partial charge in [-0.3, -0.25) is 0 Å². The van der Waals surface area contributed by atoms with E-state index in [4.69, 9.17) is 9.62 Å². The van der Waals surface area contributed by atoms with Crippen LogP contribution in [0.1, 0.15) is 5.76 Å². The monoisotopic (exact) mass is 223 g/mol. The Labute approximate surface area is 89.6 Å². The first kappa shape index (κ1) is 10.4. The van der Waals surface area contributed by atoms with Crippen molar-refractivity contribution in [1.82, 2.24) is 0 Å². The quantitative estimate of drug-likeness (QED) is 0.483. The van der Waals surface area contributed by atoms with E-state index in [1.54, 1.807) is 0 Å². The fraction of sp³-hybridized carbons (Fsp3) is 0. The zero-order valence-corrected chi connectivity index (χ0v) is 8.02. The molecular formula is C11H7F2NO2. The minimum atomic E-state index is -0.707. The van der Waals surface area contributed by atoms with E-state index in [1.807, 2.05) is 0 Å². The maximum Gasteiger partial charge on any atom is 0.149 e. The molecule has 0 bridgehead atoms. The Morgan fingerprint density at radius 2 is 2.00 bits per heavy atom. The van der Waals surface area contributed by atoms with Gasteiger partial charge in [0.1, 0.15) is 29.4 Å². The summed E-state index contributed by atoms with van der Waals surface area (Å²) in [5, 5.41) is 11.1. The van der Waals surface area contributed by atoms with Gasteiger partial charge < -0.3 is 9.62 Å². The molecule has 0 spiro atoms. The molecule has 0 aliphatic rings. The molecule has 16 heavy (non-hydrogen) atoms. The lowest BCUT2D eigenvalue weighted by Gasteiger charge is -1.98. The molecule has 0 radical (unpaired) electrons. The van der Waals surface area contributed by atoms with Gasteiger partial charge in [0, 0.05) is 6.07 Å². The molecular weight excluding hydrogens is 216 g/mol. The second kappa shape index (κ2) is 4.14. The predicted molar refractivity (Wildman–Crippen MR) is 53.4 cm³/mol. The third-order valence-corrected chi connectivity index (χ3v) is 2.01. The molecule has 82 valence electrons. The van der Waals surface area contributed by atoms with Gasteiger partial charge in [0.2, 0.25) is 0 Å². The van der Waals surface area contributed by atoms with Crippen molar-refractivity contribution in [3.63, 3.8) is 0 Å². The minimum Gasteiger partial charge on any atom is -0.455 e. The highest BCUT2D eigenvalue weighted by Crippen LogP contribution is 2.24. The van der Waals surface area contributed by atoms with Crippen LogP contribution in [-0.4, -0.2) is 11.4 Å². The Morgan fingerprint density at radius 3 is 2.69 bits per heavy atom. The Bertz CT molecular complexity index is 535. The van der Waals surface area contributed by atoms with Crippen molar-refractivity contribution in [1.29, 1.82) is 0 Å². The van der Waals surface area contributed by atoms with Crippen molar-refractivity contribution in [3.05, 3.63) is 47.7 Å². The van der Waals surface area contributed by atoms with E-state index >= 15 is 0 Å². The SMILES string of the molecule is O/N=C\c1ccc(-c2ccc(F)cc2F)o1. The largest absolute Gasteiger partial charge is 0.455 e. The highest BCUT2D eigenvalue weighted by molar-refractivity contribution is 5.76. The van der Waals surface area contributed by atoms with Crippen LogP contribution in [0, 0.1) is 11.6 Å². The van der Waals surface area contributed by atoms with Gasteiger partial charge in [-0.15, -0.1) is 0 Å². The summed E-state index contributed by atoms with van der Waals surface area (Å²) in [5.74, 6) is -0.833. The van der Waals surface area contributed by atoms with Crippen molar-refractivity contribution in [3.8, 4) is 11.3 Å². The summed E-state index contributed by atoms with van der Waals surface area (Å²) in [4.78, 5) is 0. The third kappa shape index (κ3) is 1.93. The zero-order chi connectivity index (χ0) is 11.5. The molecule has 0 saturated carbocycles.